The summed E-state index contributed by atoms with van der Waals surface area (Å²) >= 11 is 1.12. The average molecular weight is 1340 g/mol. The van der Waals surface area contributed by atoms with E-state index in [1.807, 2.05) is 55.7 Å². The molecule has 3 aromatic rings. The molecule has 4 rings (SSSR count). The number of nitrogens with two attached hydrogens (primary N) is 1. The van der Waals surface area contributed by atoms with E-state index in [9.17, 15) is 85.0 Å². The summed E-state index contributed by atoms with van der Waals surface area (Å²) < 4.78 is 63.7. The fourth-order valence-electron chi connectivity index (χ4n) is 8.89. The number of amides is 10. The topological polar surface area (TPSA) is 419 Å². The van der Waals surface area contributed by atoms with Crippen LogP contribution in [0.5, 0.6) is 0 Å². The van der Waals surface area contributed by atoms with Gasteiger partial charge in [-0.25, -0.2) is 23.2 Å². The van der Waals surface area contributed by atoms with Crippen molar-refractivity contribution in [2.24, 2.45) is 11.1 Å². The van der Waals surface area contributed by atoms with Crippen LogP contribution >= 0.6 is 11.8 Å². The number of nitrogens with zero attached hydrogens (tertiary/aromatic N) is 3. The lowest BCUT2D eigenvalue weighted by atomic mass is 9.83. The highest BCUT2D eigenvalue weighted by atomic mass is 32.2. The minimum Gasteiger partial charge on any atom is -0.481 e. The first-order valence-corrected chi connectivity index (χ1v) is 30.0. The zero-order chi connectivity index (χ0) is 69.9. The second kappa shape index (κ2) is 37.1. The zero-order valence-corrected chi connectivity index (χ0v) is 52.2. The molecule has 1 aliphatic rings. The van der Waals surface area contributed by atoms with E-state index in [-0.39, 0.29) is 101 Å². The van der Waals surface area contributed by atoms with Crippen LogP contribution in [-0.4, -0.2) is 174 Å². The zero-order valence-electron chi connectivity index (χ0n) is 51.4. The lowest BCUT2D eigenvalue weighted by Gasteiger charge is -2.41. The van der Waals surface area contributed by atoms with Gasteiger partial charge < -0.3 is 67.3 Å². The number of carbonyl (C=O) groups is 14. The van der Waals surface area contributed by atoms with Crippen molar-refractivity contribution >= 4 is 94.7 Å². The van der Waals surface area contributed by atoms with E-state index in [1.54, 1.807) is 17.2 Å². The summed E-state index contributed by atoms with van der Waals surface area (Å²) in [6.07, 6.45) is -6.05. The van der Waals surface area contributed by atoms with Gasteiger partial charge in [0.05, 0.1) is 18.2 Å². The molecule has 0 bridgehead atoms. The Kier molecular flexibility index (Phi) is 31.0. The Bertz CT molecular complexity index is 3180. The van der Waals surface area contributed by atoms with E-state index in [1.165, 1.54) is 13.8 Å². The Morgan fingerprint density at radius 2 is 1.32 bits per heavy atom. The number of hydrogen-bond acceptors (Lipinski definition) is 16. The number of halogens is 5. The highest BCUT2D eigenvalue weighted by Crippen LogP contribution is 2.41. The molecule has 1 aromatic heterocycles. The van der Waals surface area contributed by atoms with E-state index in [0.29, 0.717) is 16.3 Å². The molecule has 11 N–H and O–H groups in total. The van der Waals surface area contributed by atoms with Gasteiger partial charge in [-0.15, -0.1) is 5.06 Å². The second-order valence-corrected chi connectivity index (χ2v) is 23.2. The minimum atomic E-state index is -5.08. The number of rotatable bonds is 35. The van der Waals surface area contributed by atoms with Crippen LogP contribution in [0.15, 0.2) is 60.8 Å². The van der Waals surface area contributed by atoms with Crippen molar-refractivity contribution in [3.05, 3.63) is 83.7 Å². The summed E-state index contributed by atoms with van der Waals surface area (Å²) in [4.78, 5) is 178. The standard InChI is InChI=1S/C57H74F2N10O16S.C2HF3O2/c1-33(63-45(72)13-9-14-51(79)85-69-47(74)18-19-48(69)75)53(80)64-34(2)54(81)66-41(29-43(60)70)55(82)62-23-10-25-68(49(76)32-86-26-22-44(71)61-24-21-46(73)65-40(56(83)84)17-20-50(77)78)52(57(3,4)5)42-27-36(38-28-37(58)15-16-39(38)59)31-67(42)30-35-11-7-6-8-12-35;3-2(4,5)1(6)7/h6-8,11-12,15-16,27-28,31,33-34,40-41,52H,9-10,13-14,17-26,29-30,32H2,1-5H3,(H2,60,70)(H,61,71)(H,62,82)(H,63,72)(H,64,80)(H,65,73)(H,66,81)(H,77,78)(H,83,84);(H,6,7)/t33-,34+,40-,41-,52-;/m0./s1. The normalized spacial score (nSPS) is 13.7. The fraction of sp³-hybridized carbons (Fsp3) is 0.492. The van der Waals surface area contributed by atoms with E-state index in [0.717, 1.165) is 35.5 Å². The third-order valence-corrected chi connectivity index (χ3v) is 14.4. The van der Waals surface area contributed by atoms with Crippen molar-refractivity contribution in [2.45, 2.75) is 148 Å². The lowest BCUT2D eigenvalue weighted by Crippen LogP contribution is -2.56. The molecule has 34 heteroatoms. The number of carboxylic acids is 3. The fourth-order valence-corrected chi connectivity index (χ4v) is 9.70. The number of alkyl halides is 3. The number of imide groups is 1. The summed E-state index contributed by atoms with van der Waals surface area (Å²) in [6, 6.07) is 7.71. The molecule has 1 fully saturated rings. The van der Waals surface area contributed by atoms with E-state index in [2.05, 4.69) is 31.9 Å². The van der Waals surface area contributed by atoms with Crippen molar-refractivity contribution < 1.29 is 109 Å². The minimum absolute atomic E-state index is 0.0281. The third kappa shape index (κ3) is 27.5. The van der Waals surface area contributed by atoms with Crippen molar-refractivity contribution in [3.8, 4) is 11.1 Å². The molecule has 1 aliphatic heterocycles. The number of hydroxylamine groups is 2. The molecule has 0 radical (unpaired) electrons. The molecule has 0 spiro atoms. The molecule has 10 amide bonds. The first-order valence-electron chi connectivity index (χ1n) is 28.9. The van der Waals surface area contributed by atoms with Gasteiger partial charge in [0.25, 0.3) is 11.8 Å². The van der Waals surface area contributed by atoms with Gasteiger partial charge in [-0.3, -0.25) is 52.7 Å². The van der Waals surface area contributed by atoms with Gasteiger partial charge in [0.1, 0.15) is 35.8 Å². The summed E-state index contributed by atoms with van der Waals surface area (Å²) in [6.45, 7) is 8.15. The van der Waals surface area contributed by atoms with Crippen LogP contribution in [0.3, 0.4) is 0 Å². The highest BCUT2D eigenvalue weighted by molar-refractivity contribution is 7.99. The Labute approximate surface area is 533 Å². The SMILES string of the molecule is C[C@H](NC(=O)CCCC(=O)ON1C(=O)CCC1=O)C(=O)N[C@H](C)C(=O)N[C@@H](CC(N)=O)C(=O)NCCCN(C(=O)CSCCC(=O)NCCC(=O)N[C@@H](CCC(=O)O)C(=O)O)[C@@H](c1cc(-c2cc(F)ccc2F)cn1Cc1ccccc1)C(C)(C)C.O=C(O)C(F)(F)F. The Balaban J connectivity index is 0.00000304. The van der Waals surface area contributed by atoms with Crippen LogP contribution in [0, 0.1) is 17.0 Å². The number of primary amides is 1. The predicted molar refractivity (Wildman–Crippen MR) is 319 cm³/mol. The third-order valence-electron chi connectivity index (χ3n) is 13.4. The molecule has 0 aliphatic carbocycles. The predicted octanol–water partition coefficient (Wildman–Crippen LogP) is 2.75. The molecular formula is C59H75F5N10O18S. The largest absolute Gasteiger partial charge is 0.490 e. The number of carboxylic acid groups (broad SMARTS) is 3. The van der Waals surface area contributed by atoms with Gasteiger partial charge in [0.2, 0.25) is 47.3 Å². The monoisotopic (exact) mass is 1340 g/mol. The maximum Gasteiger partial charge on any atom is 0.490 e. The number of hydrogen-bond donors (Lipinski definition) is 10. The number of nitrogens with one attached hydrogen (secondary N) is 6. The quantitative estimate of drug-likeness (QED) is 0.0230. The Hall–Kier alpha value is -9.50. The molecule has 28 nitrogen and oxygen atoms in total. The van der Waals surface area contributed by atoms with Crippen LogP contribution in [-0.2, 0) is 78.5 Å². The summed E-state index contributed by atoms with van der Waals surface area (Å²) in [5, 5.41) is 40.4. The van der Waals surface area contributed by atoms with Crippen molar-refractivity contribution in [1.29, 1.82) is 0 Å². The molecule has 2 heterocycles. The molecule has 5 atom stereocenters. The van der Waals surface area contributed by atoms with Gasteiger partial charge in [0.15, 0.2) is 0 Å². The first-order chi connectivity index (χ1) is 43.5. The molecular weight excluding hydrogens is 1260 g/mol. The first kappa shape index (κ1) is 77.7. The van der Waals surface area contributed by atoms with E-state index < -0.39 is 149 Å². The van der Waals surface area contributed by atoms with Gasteiger partial charge in [0, 0.05) is 99.9 Å². The van der Waals surface area contributed by atoms with Crippen LogP contribution in [0.1, 0.15) is 123 Å². The molecule has 0 saturated carbocycles. The highest BCUT2D eigenvalue weighted by Gasteiger charge is 2.39. The number of aliphatic carboxylic acids is 3. The summed E-state index contributed by atoms with van der Waals surface area (Å²) in [5.41, 5.74) is 6.36. The van der Waals surface area contributed by atoms with Gasteiger partial charge >= 0.3 is 30.1 Å². The number of carbonyl (C=O) groups excluding carboxylic acids is 11. The molecule has 510 valence electrons. The van der Waals surface area contributed by atoms with E-state index in [4.69, 9.17) is 25.6 Å². The Morgan fingerprint density at radius 1 is 0.710 bits per heavy atom. The summed E-state index contributed by atoms with van der Waals surface area (Å²) in [7, 11) is 0. The second-order valence-electron chi connectivity index (χ2n) is 22.1. The van der Waals surface area contributed by atoms with Crippen molar-refractivity contribution in [1.82, 2.24) is 46.4 Å². The maximum absolute atomic E-state index is 15.5. The smallest absolute Gasteiger partial charge is 0.481 e. The van der Waals surface area contributed by atoms with Crippen LogP contribution < -0.4 is 37.6 Å². The van der Waals surface area contributed by atoms with Gasteiger partial charge in [-0.1, -0.05) is 51.1 Å². The Morgan fingerprint density at radius 3 is 1.91 bits per heavy atom. The average Bonchev–Trinajstić information content (AvgIpc) is 2.45. The number of aromatic nitrogens is 1. The maximum atomic E-state index is 15.5. The molecule has 0 unspecified atom stereocenters. The van der Waals surface area contributed by atoms with Crippen LogP contribution in [0.4, 0.5) is 22.0 Å². The van der Waals surface area contributed by atoms with E-state index >= 15 is 4.39 Å². The van der Waals surface area contributed by atoms with Crippen molar-refractivity contribution in [3.63, 3.8) is 0 Å². The van der Waals surface area contributed by atoms with Crippen LogP contribution in [0.25, 0.3) is 11.1 Å². The number of thioether (sulfide) groups is 1. The lowest BCUT2D eigenvalue weighted by molar-refractivity contribution is -0.197. The molecule has 1 saturated heterocycles. The van der Waals surface area contributed by atoms with Crippen molar-refractivity contribution in [2.75, 3.05) is 31.1 Å². The van der Waals surface area contributed by atoms with Gasteiger partial charge in [-0.05, 0) is 68.4 Å². The summed E-state index contributed by atoms with van der Waals surface area (Å²) in [5.74, 6) is -14.9. The number of benzene rings is 2. The molecule has 2 aromatic carbocycles. The molecule has 93 heavy (non-hydrogen) atoms. The van der Waals surface area contributed by atoms with Gasteiger partial charge in [-0.2, -0.15) is 24.9 Å². The van der Waals surface area contributed by atoms with Crippen LogP contribution in [0.2, 0.25) is 0 Å².